The van der Waals surface area contributed by atoms with Crippen molar-refractivity contribution in [2.75, 3.05) is 5.32 Å². The Hall–Kier alpha value is -2.96. The van der Waals surface area contributed by atoms with Gasteiger partial charge in [-0.05, 0) is 68.6 Å². The van der Waals surface area contributed by atoms with Crippen molar-refractivity contribution in [3.8, 4) is 5.69 Å². The number of benzene rings is 1. The van der Waals surface area contributed by atoms with Crippen LogP contribution in [0.3, 0.4) is 0 Å². The lowest BCUT2D eigenvalue weighted by Crippen LogP contribution is -2.25. The van der Waals surface area contributed by atoms with Crippen LogP contribution in [0.25, 0.3) is 16.9 Å². The Morgan fingerprint density at radius 2 is 2.00 bits per heavy atom. The van der Waals surface area contributed by atoms with Crippen LogP contribution in [0, 0.1) is 18.8 Å². The monoisotopic (exact) mass is 388 g/mol. The normalized spacial score (nSPS) is 25.1. The van der Waals surface area contributed by atoms with Crippen LogP contribution >= 0.6 is 0 Å². The molecule has 1 aromatic carbocycles. The van der Waals surface area contributed by atoms with Crippen molar-refractivity contribution < 1.29 is 4.79 Å². The fourth-order valence-electron chi connectivity index (χ4n) is 4.84. The Bertz CT molecular complexity index is 1110. The molecule has 4 saturated carbocycles. The average Bonchev–Trinajstić information content (AvgIpc) is 3.10. The molecule has 2 bridgehead atoms. The molecule has 2 aromatic heterocycles. The first-order chi connectivity index (χ1) is 14.2. The highest BCUT2D eigenvalue weighted by Gasteiger charge is 2.44. The summed E-state index contributed by atoms with van der Waals surface area (Å²) in [5, 5.41) is 6.68. The standard InChI is InChI=1S/C22H24N6O/c1-12-2-3-14(22(29)26-16-4-5-16)9-18(12)28-11-25-19-20(23-10-24-21(19)28)27-17-8-13-6-15(17)7-13/h2-3,9-11,13,15-17H,4-8H2,1H3,(H,26,29)(H,23,24,27). The number of carbonyl (C=O) groups is 1. The van der Waals surface area contributed by atoms with Gasteiger partial charge in [0.25, 0.3) is 5.91 Å². The Kier molecular flexibility index (Phi) is 3.66. The van der Waals surface area contributed by atoms with Crippen LogP contribution in [-0.2, 0) is 0 Å². The van der Waals surface area contributed by atoms with Gasteiger partial charge in [-0.15, -0.1) is 0 Å². The minimum absolute atomic E-state index is 0.0182. The van der Waals surface area contributed by atoms with E-state index in [4.69, 9.17) is 0 Å². The number of rotatable bonds is 5. The first-order valence-electron chi connectivity index (χ1n) is 10.5. The summed E-state index contributed by atoms with van der Waals surface area (Å²) >= 11 is 0. The summed E-state index contributed by atoms with van der Waals surface area (Å²) in [6.45, 7) is 2.04. The van der Waals surface area contributed by atoms with Crippen molar-refractivity contribution in [1.82, 2.24) is 24.8 Å². The Morgan fingerprint density at radius 3 is 2.76 bits per heavy atom. The second kappa shape index (κ2) is 6.27. The number of anilines is 1. The van der Waals surface area contributed by atoms with Crippen LogP contribution in [-0.4, -0.2) is 37.5 Å². The topological polar surface area (TPSA) is 84.7 Å². The van der Waals surface area contributed by atoms with Gasteiger partial charge in [-0.25, -0.2) is 15.0 Å². The molecule has 3 aromatic rings. The van der Waals surface area contributed by atoms with Gasteiger partial charge in [0.2, 0.25) is 0 Å². The number of aryl methyl sites for hydroxylation is 1. The third kappa shape index (κ3) is 2.87. The zero-order chi connectivity index (χ0) is 19.5. The number of amides is 1. The largest absolute Gasteiger partial charge is 0.365 e. The molecule has 2 N–H and O–H groups in total. The maximum absolute atomic E-state index is 12.5. The third-order valence-electron chi connectivity index (χ3n) is 6.73. The third-order valence-corrected chi connectivity index (χ3v) is 6.73. The summed E-state index contributed by atoms with van der Waals surface area (Å²) in [6.07, 6.45) is 9.45. The van der Waals surface area contributed by atoms with Crippen LogP contribution in [0.2, 0.25) is 0 Å². The van der Waals surface area contributed by atoms with Crippen molar-refractivity contribution in [2.45, 2.75) is 51.1 Å². The second-order valence-electron chi connectivity index (χ2n) is 8.84. The maximum atomic E-state index is 12.5. The summed E-state index contributed by atoms with van der Waals surface area (Å²) in [5.41, 5.74) is 4.19. The van der Waals surface area contributed by atoms with Gasteiger partial charge in [0.1, 0.15) is 12.7 Å². The zero-order valence-corrected chi connectivity index (χ0v) is 16.4. The molecule has 4 aliphatic carbocycles. The molecular formula is C22H24N6O. The van der Waals surface area contributed by atoms with Crippen molar-refractivity contribution >= 4 is 22.9 Å². The van der Waals surface area contributed by atoms with E-state index in [-0.39, 0.29) is 5.91 Å². The number of fused-ring (bicyclic) bond motifs is 2. The molecule has 7 rings (SSSR count). The average molecular weight is 388 g/mol. The number of nitrogens with zero attached hydrogens (tertiary/aromatic N) is 4. The van der Waals surface area contributed by atoms with Crippen molar-refractivity contribution in [2.24, 2.45) is 11.8 Å². The summed E-state index contributed by atoms with van der Waals surface area (Å²) in [6, 6.07) is 6.62. The molecular weight excluding hydrogens is 364 g/mol. The van der Waals surface area contributed by atoms with E-state index in [1.165, 1.54) is 19.3 Å². The molecule has 29 heavy (non-hydrogen) atoms. The molecule has 4 aliphatic rings. The van der Waals surface area contributed by atoms with E-state index in [1.807, 2.05) is 29.7 Å². The zero-order valence-electron chi connectivity index (χ0n) is 16.4. The van der Waals surface area contributed by atoms with E-state index in [9.17, 15) is 4.79 Å². The van der Waals surface area contributed by atoms with E-state index >= 15 is 0 Å². The van der Waals surface area contributed by atoms with Crippen LogP contribution in [0.15, 0.2) is 30.9 Å². The van der Waals surface area contributed by atoms with Crippen molar-refractivity contribution in [3.63, 3.8) is 0 Å². The SMILES string of the molecule is Cc1ccc(C(=O)NC2CC2)cc1-n1cnc2c(NC3CC4CC3C4)ncnc21. The number of hydrogen-bond donors (Lipinski definition) is 2. The van der Waals surface area contributed by atoms with E-state index in [0.29, 0.717) is 17.6 Å². The Balaban J connectivity index is 1.35. The molecule has 2 heterocycles. The summed E-state index contributed by atoms with van der Waals surface area (Å²) < 4.78 is 1.96. The van der Waals surface area contributed by atoms with Gasteiger partial charge < -0.3 is 10.6 Å². The molecule has 1 atom stereocenters. The van der Waals surface area contributed by atoms with Gasteiger partial charge in [0.05, 0.1) is 5.69 Å². The van der Waals surface area contributed by atoms with E-state index in [1.54, 1.807) is 12.7 Å². The quantitative estimate of drug-likeness (QED) is 0.701. The van der Waals surface area contributed by atoms with Crippen LogP contribution in [0.1, 0.15) is 48.0 Å². The smallest absolute Gasteiger partial charge is 0.251 e. The first kappa shape index (κ1) is 16.9. The number of hydrogen-bond acceptors (Lipinski definition) is 5. The van der Waals surface area contributed by atoms with Gasteiger partial charge >= 0.3 is 0 Å². The molecule has 0 saturated heterocycles. The minimum Gasteiger partial charge on any atom is -0.365 e. The maximum Gasteiger partial charge on any atom is 0.251 e. The van der Waals surface area contributed by atoms with Crippen LogP contribution in [0.4, 0.5) is 5.82 Å². The summed E-state index contributed by atoms with van der Waals surface area (Å²) in [4.78, 5) is 26.1. The molecule has 7 nitrogen and oxygen atoms in total. The van der Waals surface area contributed by atoms with Gasteiger partial charge in [-0.3, -0.25) is 9.36 Å². The molecule has 0 radical (unpaired) electrons. The predicted octanol–water partition coefficient (Wildman–Crippen LogP) is 3.23. The molecule has 7 heteroatoms. The fraction of sp³-hybridized carbons (Fsp3) is 0.455. The molecule has 1 unspecified atom stereocenters. The number of aromatic nitrogens is 4. The van der Waals surface area contributed by atoms with Gasteiger partial charge in [-0.1, -0.05) is 6.07 Å². The van der Waals surface area contributed by atoms with Crippen molar-refractivity contribution in [3.05, 3.63) is 42.0 Å². The van der Waals surface area contributed by atoms with E-state index < -0.39 is 0 Å². The highest BCUT2D eigenvalue weighted by Crippen LogP contribution is 2.49. The lowest BCUT2D eigenvalue weighted by Gasteiger charge is -2.24. The van der Waals surface area contributed by atoms with E-state index in [0.717, 1.165) is 52.9 Å². The minimum atomic E-state index is -0.0182. The molecule has 0 spiro atoms. The van der Waals surface area contributed by atoms with Crippen molar-refractivity contribution in [1.29, 1.82) is 0 Å². The van der Waals surface area contributed by atoms with Crippen LogP contribution in [0.5, 0.6) is 0 Å². The number of imidazole rings is 1. The molecule has 4 fully saturated rings. The van der Waals surface area contributed by atoms with Gasteiger partial charge in [-0.2, -0.15) is 0 Å². The van der Waals surface area contributed by atoms with E-state index in [2.05, 4.69) is 25.6 Å². The molecule has 148 valence electrons. The lowest BCUT2D eigenvalue weighted by molar-refractivity contribution is 0.0951. The van der Waals surface area contributed by atoms with Gasteiger partial charge in [0, 0.05) is 17.6 Å². The number of nitrogens with one attached hydrogen (secondary N) is 2. The Labute approximate surface area is 169 Å². The highest BCUT2D eigenvalue weighted by molar-refractivity contribution is 5.95. The lowest BCUT2D eigenvalue weighted by atomic mass is 9.84. The highest BCUT2D eigenvalue weighted by atomic mass is 16.1. The fourth-order valence-corrected chi connectivity index (χ4v) is 4.84. The number of carbonyl (C=O) groups excluding carboxylic acids is 1. The second-order valence-corrected chi connectivity index (χ2v) is 8.84. The summed E-state index contributed by atoms with van der Waals surface area (Å²) in [5.74, 6) is 2.46. The van der Waals surface area contributed by atoms with Crippen LogP contribution < -0.4 is 10.6 Å². The predicted molar refractivity (Wildman–Crippen MR) is 110 cm³/mol. The Morgan fingerprint density at radius 1 is 1.14 bits per heavy atom. The summed E-state index contributed by atoms with van der Waals surface area (Å²) in [7, 11) is 0. The molecule has 0 aliphatic heterocycles. The van der Waals surface area contributed by atoms with Gasteiger partial charge in [0.15, 0.2) is 17.0 Å². The molecule has 1 amide bonds. The first-order valence-corrected chi connectivity index (χ1v) is 10.5.